The highest BCUT2D eigenvalue weighted by molar-refractivity contribution is 5.74. The quantitative estimate of drug-likeness (QED) is 0.555. The van der Waals surface area contributed by atoms with Gasteiger partial charge in [-0.1, -0.05) is 27.2 Å². The van der Waals surface area contributed by atoms with Crippen LogP contribution >= 0.6 is 0 Å². The molecule has 3 aliphatic carbocycles. The summed E-state index contributed by atoms with van der Waals surface area (Å²) >= 11 is 0. The molecule has 0 saturated heterocycles. The summed E-state index contributed by atoms with van der Waals surface area (Å²) < 4.78 is 11.9. The van der Waals surface area contributed by atoms with Gasteiger partial charge in [-0.25, -0.2) is 0 Å². The van der Waals surface area contributed by atoms with Crippen LogP contribution in [0.25, 0.3) is 0 Å². The number of hydrogen-bond acceptors (Lipinski definition) is 4. The average molecular weight is 379 g/mol. The lowest BCUT2D eigenvalue weighted by Crippen LogP contribution is -2.38. The van der Waals surface area contributed by atoms with Gasteiger partial charge in [0.2, 0.25) is 0 Å². The third-order valence-electron chi connectivity index (χ3n) is 7.63. The maximum atomic E-state index is 12.8. The van der Waals surface area contributed by atoms with Gasteiger partial charge in [0.15, 0.2) is 0 Å². The molecule has 0 radical (unpaired) electrons. The Bertz CT molecular complexity index is 504. The van der Waals surface area contributed by atoms with Crippen LogP contribution in [-0.2, 0) is 19.1 Å². The average Bonchev–Trinajstić information content (AvgIpc) is 3.22. The summed E-state index contributed by atoms with van der Waals surface area (Å²) in [6.07, 6.45) is 12.1. The third-order valence-corrected chi connectivity index (χ3v) is 7.63. The normalized spacial score (nSPS) is 32.3. The summed E-state index contributed by atoms with van der Waals surface area (Å²) in [5.41, 5.74) is -0.194. The second kappa shape index (κ2) is 8.96. The van der Waals surface area contributed by atoms with Gasteiger partial charge >= 0.3 is 11.9 Å². The van der Waals surface area contributed by atoms with E-state index in [-0.39, 0.29) is 35.5 Å². The topological polar surface area (TPSA) is 52.6 Å². The largest absolute Gasteiger partial charge is 0.462 e. The van der Waals surface area contributed by atoms with Crippen molar-refractivity contribution in [3.63, 3.8) is 0 Å². The molecule has 3 rings (SSSR count). The Morgan fingerprint density at radius 3 is 2.04 bits per heavy atom. The number of carbonyl (C=O) groups is 2. The maximum Gasteiger partial charge on any atom is 0.309 e. The van der Waals surface area contributed by atoms with Crippen molar-refractivity contribution < 1.29 is 19.1 Å². The van der Waals surface area contributed by atoms with Gasteiger partial charge in [0.05, 0.1) is 11.8 Å². The molecule has 0 bridgehead atoms. The van der Waals surface area contributed by atoms with E-state index in [1.165, 1.54) is 19.3 Å². The van der Waals surface area contributed by atoms with Gasteiger partial charge in [-0.3, -0.25) is 9.59 Å². The van der Waals surface area contributed by atoms with Crippen LogP contribution in [0.5, 0.6) is 0 Å². The summed E-state index contributed by atoms with van der Waals surface area (Å²) in [6.45, 7) is 6.25. The predicted octanol–water partition coefficient (Wildman–Crippen LogP) is 5.43. The number of fused-ring (bicyclic) bond motifs is 1. The van der Waals surface area contributed by atoms with Crippen molar-refractivity contribution in [2.45, 2.75) is 110 Å². The number of esters is 2. The van der Waals surface area contributed by atoms with E-state index in [1.807, 2.05) is 13.8 Å². The van der Waals surface area contributed by atoms with Crippen molar-refractivity contribution in [2.24, 2.45) is 23.7 Å². The summed E-state index contributed by atoms with van der Waals surface area (Å²) in [6, 6.07) is 0. The van der Waals surface area contributed by atoms with Crippen LogP contribution in [0.15, 0.2) is 0 Å². The zero-order chi connectivity index (χ0) is 19.4. The van der Waals surface area contributed by atoms with E-state index >= 15 is 0 Å². The van der Waals surface area contributed by atoms with Crippen LogP contribution < -0.4 is 0 Å². The Balaban J connectivity index is 1.48. The van der Waals surface area contributed by atoms with E-state index < -0.39 is 0 Å². The van der Waals surface area contributed by atoms with Crippen LogP contribution in [0.1, 0.15) is 97.8 Å². The Morgan fingerprint density at radius 2 is 1.52 bits per heavy atom. The summed E-state index contributed by atoms with van der Waals surface area (Å²) in [4.78, 5) is 25.1. The summed E-state index contributed by atoms with van der Waals surface area (Å²) in [7, 11) is 0. The molecule has 0 heterocycles. The molecule has 27 heavy (non-hydrogen) atoms. The first-order chi connectivity index (χ1) is 13.0. The number of carbonyl (C=O) groups excluding carboxylic acids is 2. The fourth-order valence-electron chi connectivity index (χ4n) is 5.75. The summed E-state index contributed by atoms with van der Waals surface area (Å²) in [5.74, 6) is 1.15. The lowest BCUT2D eigenvalue weighted by Gasteiger charge is -2.36. The van der Waals surface area contributed by atoms with E-state index in [0.717, 1.165) is 57.8 Å². The molecule has 2 unspecified atom stereocenters. The molecule has 0 aromatic rings. The minimum Gasteiger partial charge on any atom is -0.462 e. The molecular weight excluding hydrogens is 340 g/mol. The van der Waals surface area contributed by atoms with E-state index in [1.54, 1.807) is 0 Å². The Kier molecular flexibility index (Phi) is 6.86. The molecule has 2 atom stereocenters. The molecule has 4 nitrogen and oxygen atoms in total. The van der Waals surface area contributed by atoms with Crippen molar-refractivity contribution in [2.75, 3.05) is 0 Å². The third kappa shape index (κ3) is 4.68. The molecule has 0 spiro atoms. The van der Waals surface area contributed by atoms with E-state index in [2.05, 4.69) is 6.92 Å². The van der Waals surface area contributed by atoms with Crippen molar-refractivity contribution in [1.29, 1.82) is 0 Å². The minimum absolute atomic E-state index is 0.0249. The Hall–Kier alpha value is -1.06. The number of rotatable bonds is 7. The highest BCUT2D eigenvalue weighted by Gasteiger charge is 2.47. The van der Waals surface area contributed by atoms with E-state index in [9.17, 15) is 9.59 Å². The zero-order valence-electron chi connectivity index (χ0n) is 17.5. The van der Waals surface area contributed by atoms with Crippen molar-refractivity contribution >= 4 is 11.9 Å². The van der Waals surface area contributed by atoms with E-state index in [4.69, 9.17) is 9.47 Å². The van der Waals surface area contributed by atoms with Crippen LogP contribution in [0.2, 0.25) is 0 Å². The first kappa shape index (κ1) is 20.7. The van der Waals surface area contributed by atoms with Crippen LogP contribution in [0.3, 0.4) is 0 Å². The monoisotopic (exact) mass is 378 g/mol. The van der Waals surface area contributed by atoms with Crippen molar-refractivity contribution in [1.82, 2.24) is 0 Å². The van der Waals surface area contributed by atoms with Crippen LogP contribution in [0, 0.1) is 23.7 Å². The maximum absolute atomic E-state index is 12.8. The van der Waals surface area contributed by atoms with E-state index in [0.29, 0.717) is 11.8 Å². The fraction of sp³-hybridized carbons (Fsp3) is 0.913. The SMILES string of the molecule is CCC(CC)C(=O)OC1CC2CC(C(=O)OC3(CC)CCCCC3)CC2C1. The van der Waals surface area contributed by atoms with Crippen molar-refractivity contribution in [3.8, 4) is 0 Å². The first-order valence-electron chi connectivity index (χ1n) is 11.4. The fourth-order valence-corrected chi connectivity index (χ4v) is 5.75. The van der Waals surface area contributed by atoms with Crippen molar-refractivity contribution in [3.05, 3.63) is 0 Å². The van der Waals surface area contributed by atoms with Crippen LogP contribution in [0.4, 0.5) is 0 Å². The molecule has 3 fully saturated rings. The molecule has 0 aromatic carbocycles. The molecule has 0 amide bonds. The van der Waals surface area contributed by atoms with Gasteiger partial charge in [-0.2, -0.15) is 0 Å². The molecule has 0 aromatic heterocycles. The zero-order valence-corrected chi connectivity index (χ0v) is 17.5. The lowest BCUT2D eigenvalue weighted by atomic mass is 9.82. The minimum atomic E-state index is -0.194. The highest BCUT2D eigenvalue weighted by atomic mass is 16.6. The first-order valence-corrected chi connectivity index (χ1v) is 11.4. The molecule has 0 aliphatic heterocycles. The van der Waals surface area contributed by atoms with Crippen LogP contribution in [-0.4, -0.2) is 23.6 Å². The summed E-state index contributed by atoms with van der Waals surface area (Å²) in [5, 5.41) is 0. The Labute approximate surface area is 164 Å². The number of ether oxygens (including phenoxy) is 2. The van der Waals surface area contributed by atoms with Gasteiger partial charge < -0.3 is 9.47 Å². The van der Waals surface area contributed by atoms with Gasteiger partial charge in [0.25, 0.3) is 0 Å². The standard InChI is InChI=1S/C23H38O4/c1-4-16(5-2)21(24)26-20-14-17-12-19(13-18(17)15-20)22(25)27-23(6-3)10-8-7-9-11-23/h16-20H,4-15H2,1-3H3. The molecule has 154 valence electrons. The molecule has 4 heteroatoms. The molecule has 0 N–H and O–H groups in total. The smallest absolute Gasteiger partial charge is 0.309 e. The lowest BCUT2D eigenvalue weighted by molar-refractivity contribution is -0.169. The second-order valence-corrected chi connectivity index (χ2v) is 9.25. The number of hydrogen-bond donors (Lipinski definition) is 0. The Morgan fingerprint density at radius 1 is 0.926 bits per heavy atom. The molecule has 3 saturated carbocycles. The van der Waals surface area contributed by atoms with Gasteiger partial charge in [0.1, 0.15) is 11.7 Å². The second-order valence-electron chi connectivity index (χ2n) is 9.25. The highest BCUT2D eigenvalue weighted by Crippen LogP contribution is 2.49. The molecule has 3 aliphatic rings. The van der Waals surface area contributed by atoms with Gasteiger partial charge in [0, 0.05) is 0 Å². The molecular formula is C23H38O4. The predicted molar refractivity (Wildman–Crippen MR) is 105 cm³/mol. The van der Waals surface area contributed by atoms with Gasteiger partial charge in [-0.05, 0) is 82.5 Å². The van der Waals surface area contributed by atoms with Gasteiger partial charge in [-0.15, -0.1) is 0 Å².